The molecule has 0 aromatic rings. The van der Waals surface area contributed by atoms with E-state index in [0.29, 0.717) is 5.91 Å². The lowest BCUT2D eigenvalue weighted by Gasteiger charge is -2.36. The summed E-state index contributed by atoms with van der Waals surface area (Å²) in [7, 11) is 6.52. The van der Waals surface area contributed by atoms with Gasteiger partial charge in [0, 0.05) is 19.5 Å². The van der Waals surface area contributed by atoms with Crippen molar-refractivity contribution in [3.05, 3.63) is 0 Å². The largest absolute Gasteiger partial charge is 1.00 e. The van der Waals surface area contributed by atoms with Crippen molar-refractivity contribution < 1.29 is 33.3 Å². The molecular formula is C31H65IN2O. The predicted octanol–water partition coefficient (Wildman–Crippen LogP) is 6.15. The molecule has 0 saturated heterocycles. The van der Waals surface area contributed by atoms with Gasteiger partial charge in [-0.25, -0.2) is 0 Å². The van der Waals surface area contributed by atoms with Gasteiger partial charge in [-0.1, -0.05) is 136 Å². The Morgan fingerprint density at radius 1 is 0.543 bits per heavy atom. The van der Waals surface area contributed by atoms with Crippen LogP contribution in [0.25, 0.3) is 0 Å². The fraction of sp³-hybridized carbons (Fsp3) is 0.968. The molecule has 0 aromatic heterocycles. The summed E-state index contributed by atoms with van der Waals surface area (Å²) in [6.07, 6.45) is 28.0. The summed E-state index contributed by atoms with van der Waals surface area (Å²) in [5, 5.41) is 0. The second-order valence-electron chi connectivity index (χ2n) is 11.7. The van der Waals surface area contributed by atoms with E-state index in [0.717, 1.165) is 24.0 Å². The molecule has 0 N–H and O–H groups in total. The molecule has 0 radical (unpaired) electrons. The van der Waals surface area contributed by atoms with Gasteiger partial charge in [-0.2, -0.15) is 0 Å². The average Bonchev–Trinajstić information content (AvgIpc) is 2.79. The smallest absolute Gasteiger partial charge is 0.280 e. The van der Waals surface area contributed by atoms with Gasteiger partial charge in [0.25, 0.3) is 5.91 Å². The van der Waals surface area contributed by atoms with E-state index in [9.17, 15) is 4.79 Å². The summed E-state index contributed by atoms with van der Waals surface area (Å²) in [5.74, 6) is 0.391. The topological polar surface area (TPSA) is 20.3 Å². The van der Waals surface area contributed by atoms with E-state index in [4.69, 9.17) is 0 Å². The van der Waals surface area contributed by atoms with Crippen LogP contribution in [0.15, 0.2) is 0 Å². The summed E-state index contributed by atoms with van der Waals surface area (Å²) in [4.78, 5) is 15.6. The van der Waals surface area contributed by atoms with Crippen LogP contribution in [0.4, 0.5) is 0 Å². The van der Waals surface area contributed by atoms with Gasteiger partial charge in [0.2, 0.25) is 0 Å². The van der Waals surface area contributed by atoms with Crippen molar-refractivity contribution >= 4 is 5.91 Å². The maximum Gasteiger partial charge on any atom is 0.280 e. The Kier molecular flexibility index (Phi) is 27.5. The SMILES string of the molecule is CCCCCCCCCCCCN(CCCCCCCCCCCC)C(=O)C(CC)[N+](C)(C)C.[I-]. The fourth-order valence-corrected chi connectivity index (χ4v) is 5.18. The molecule has 0 aromatic carbocycles. The van der Waals surface area contributed by atoms with Crippen LogP contribution >= 0.6 is 0 Å². The lowest BCUT2D eigenvalue weighted by molar-refractivity contribution is -0.887. The van der Waals surface area contributed by atoms with E-state index in [2.05, 4.69) is 46.8 Å². The minimum Gasteiger partial charge on any atom is -1.00 e. The summed E-state index contributed by atoms with van der Waals surface area (Å²) >= 11 is 0. The first kappa shape index (κ1) is 37.3. The summed E-state index contributed by atoms with van der Waals surface area (Å²) in [6, 6.07) is 0.0891. The fourth-order valence-electron chi connectivity index (χ4n) is 5.18. The average molecular weight is 609 g/mol. The van der Waals surface area contributed by atoms with Gasteiger partial charge in [0.05, 0.1) is 21.1 Å². The van der Waals surface area contributed by atoms with E-state index < -0.39 is 0 Å². The van der Waals surface area contributed by atoms with Crippen molar-refractivity contribution in [1.29, 1.82) is 0 Å². The van der Waals surface area contributed by atoms with Crippen molar-refractivity contribution in [2.75, 3.05) is 34.2 Å². The molecule has 3 nitrogen and oxygen atoms in total. The van der Waals surface area contributed by atoms with Crippen LogP contribution in [0.3, 0.4) is 0 Å². The van der Waals surface area contributed by atoms with E-state index >= 15 is 0 Å². The zero-order valence-corrected chi connectivity index (χ0v) is 27.2. The van der Waals surface area contributed by atoms with Crippen molar-refractivity contribution in [2.24, 2.45) is 0 Å². The van der Waals surface area contributed by atoms with Crippen LogP contribution in [0.5, 0.6) is 0 Å². The van der Waals surface area contributed by atoms with Gasteiger partial charge in [-0.15, -0.1) is 0 Å². The van der Waals surface area contributed by atoms with Crippen molar-refractivity contribution in [1.82, 2.24) is 4.90 Å². The zero-order valence-electron chi connectivity index (χ0n) is 25.0. The molecule has 0 aliphatic rings. The van der Waals surface area contributed by atoms with Crippen molar-refractivity contribution in [2.45, 2.75) is 162 Å². The molecular weight excluding hydrogens is 543 g/mol. The van der Waals surface area contributed by atoms with Crippen LogP contribution in [0.2, 0.25) is 0 Å². The number of hydrogen-bond acceptors (Lipinski definition) is 1. The minimum atomic E-state index is 0. The number of carbonyl (C=O) groups is 1. The van der Waals surface area contributed by atoms with Gasteiger partial charge in [0.15, 0.2) is 6.04 Å². The highest BCUT2D eigenvalue weighted by atomic mass is 127. The van der Waals surface area contributed by atoms with Gasteiger partial charge >= 0.3 is 0 Å². The van der Waals surface area contributed by atoms with Crippen LogP contribution in [0.1, 0.15) is 156 Å². The summed E-state index contributed by atoms with van der Waals surface area (Å²) in [5.41, 5.74) is 0. The molecule has 0 rings (SSSR count). The van der Waals surface area contributed by atoms with E-state index in [1.165, 1.54) is 128 Å². The molecule has 35 heavy (non-hydrogen) atoms. The third-order valence-corrected chi connectivity index (χ3v) is 7.48. The molecule has 1 atom stereocenters. The maximum atomic E-state index is 13.4. The van der Waals surface area contributed by atoms with Crippen LogP contribution in [-0.2, 0) is 4.79 Å². The molecule has 0 spiro atoms. The van der Waals surface area contributed by atoms with E-state index in [1.54, 1.807) is 0 Å². The van der Waals surface area contributed by atoms with Gasteiger partial charge < -0.3 is 33.4 Å². The van der Waals surface area contributed by atoms with Crippen LogP contribution < -0.4 is 24.0 Å². The second kappa shape index (κ2) is 25.8. The highest BCUT2D eigenvalue weighted by Crippen LogP contribution is 2.16. The summed E-state index contributed by atoms with van der Waals surface area (Å²) < 4.78 is 0.738. The van der Waals surface area contributed by atoms with Crippen molar-refractivity contribution in [3.8, 4) is 0 Å². The Hall–Kier alpha value is 0.160. The Morgan fingerprint density at radius 2 is 0.829 bits per heavy atom. The number of rotatable bonds is 25. The molecule has 0 saturated carbocycles. The predicted molar refractivity (Wildman–Crippen MR) is 152 cm³/mol. The normalized spacial score (nSPS) is 12.4. The number of carbonyl (C=O) groups excluding carboxylic acids is 1. The monoisotopic (exact) mass is 608 g/mol. The van der Waals surface area contributed by atoms with E-state index in [-0.39, 0.29) is 30.0 Å². The number of unbranched alkanes of at least 4 members (excludes halogenated alkanes) is 18. The number of nitrogens with zero attached hydrogens (tertiary/aromatic N) is 2. The lowest BCUT2D eigenvalue weighted by Crippen LogP contribution is -3.00. The number of likely N-dealkylation sites (N-methyl/N-ethyl adjacent to an activating group) is 1. The summed E-state index contributed by atoms with van der Waals surface area (Å²) in [6.45, 7) is 8.67. The maximum absolute atomic E-state index is 13.4. The zero-order chi connectivity index (χ0) is 25.5. The Balaban J connectivity index is 0. The van der Waals surface area contributed by atoms with Gasteiger partial charge in [0.1, 0.15) is 0 Å². The van der Waals surface area contributed by atoms with Gasteiger partial charge in [-0.05, 0) is 12.8 Å². The quantitative estimate of drug-likeness (QED) is 0.0693. The molecule has 0 fully saturated rings. The Morgan fingerprint density at radius 3 is 1.09 bits per heavy atom. The molecule has 0 aliphatic heterocycles. The Labute approximate surface area is 239 Å². The van der Waals surface area contributed by atoms with Gasteiger partial charge in [-0.3, -0.25) is 4.79 Å². The standard InChI is InChI=1S/C31H65N2O.HI/c1-7-10-12-14-16-18-20-22-24-26-28-32(31(34)30(9-3)33(4,5)6)29-27-25-23-21-19-17-15-13-11-8-2;/h30H,7-29H2,1-6H3;1H/q+1;/p-1. The third kappa shape index (κ3) is 21.9. The molecule has 0 heterocycles. The number of amides is 1. The molecule has 1 amide bonds. The number of quaternary nitrogens is 1. The van der Waals surface area contributed by atoms with Crippen LogP contribution in [-0.4, -0.2) is 55.6 Å². The molecule has 4 heteroatoms. The molecule has 212 valence electrons. The molecule has 1 unspecified atom stereocenters. The van der Waals surface area contributed by atoms with Crippen molar-refractivity contribution in [3.63, 3.8) is 0 Å². The first-order valence-electron chi connectivity index (χ1n) is 15.5. The minimum absolute atomic E-state index is 0. The number of hydrogen-bond donors (Lipinski definition) is 0. The molecule has 0 aliphatic carbocycles. The first-order valence-corrected chi connectivity index (χ1v) is 15.5. The Bertz CT molecular complexity index is 426. The number of halogens is 1. The third-order valence-electron chi connectivity index (χ3n) is 7.48. The first-order chi connectivity index (χ1) is 16.4. The van der Waals surface area contributed by atoms with E-state index in [1.807, 2.05) is 0 Å². The van der Waals surface area contributed by atoms with Crippen LogP contribution in [0, 0.1) is 0 Å². The molecule has 0 bridgehead atoms. The highest BCUT2D eigenvalue weighted by molar-refractivity contribution is 5.80. The lowest BCUT2D eigenvalue weighted by atomic mass is 10.1. The highest BCUT2D eigenvalue weighted by Gasteiger charge is 2.32. The second-order valence-corrected chi connectivity index (χ2v) is 11.7.